The number of nitrogens with one attached hydrogen (secondary N) is 2. The van der Waals surface area contributed by atoms with Gasteiger partial charge in [0.2, 0.25) is 5.91 Å². The van der Waals surface area contributed by atoms with E-state index in [1.54, 1.807) is 4.90 Å². The maximum Gasteiger partial charge on any atom is 0.253 e. The lowest BCUT2D eigenvalue weighted by Gasteiger charge is -2.39. The van der Waals surface area contributed by atoms with Gasteiger partial charge in [-0.05, 0) is 81.9 Å². The third-order valence-corrected chi connectivity index (χ3v) is 7.38. The van der Waals surface area contributed by atoms with E-state index in [1.807, 2.05) is 43.3 Å². The number of piperidine rings is 1. The van der Waals surface area contributed by atoms with Crippen molar-refractivity contribution in [2.45, 2.75) is 31.6 Å². The number of ether oxygens (including phenoxy) is 1. The van der Waals surface area contributed by atoms with Crippen molar-refractivity contribution < 1.29 is 14.3 Å². The fourth-order valence-corrected chi connectivity index (χ4v) is 5.27. The summed E-state index contributed by atoms with van der Waals surface area (Å²) in [4.78, 5) is 37.8. The molecule has 2 aliphatic rings. The molecule has 2 amide bonds. The number of halogens is 1. The van der Waals surface area contributed by atoms with E-state index in [2.05, 4.69) is 22.2 Å². The molecule has 184 valence electrons. The van der Waals surface area contributed by atoms with Gasteiger partial charge in [-0.25, -0.2) is 4.98 Å². The number of hydrogen-bond acceptors (Lipinski definition) is 5. The Hall–Kier alpha value is -2.94. The summed E-state index contributed by atoms with van der Waals surface area (Å²) in [6.07, 6.45) is 2.00. The Bertz CT molecular complexity index is 1270. The van der Waals surface area contributed by atoms with Crippen LogP contribution >= 0.6 is 11.6 Å². The Labute approximate surface area is 209 Å². The minimum absolute atomic E-state index is 0.0486. The second-order valence-corrected chi connectivity index (χ2v) is 10.1. The zero-order valence-electron chi connectivity index (χ0n) is 20.1. The van der Waals surface area contributed by atoms with Gasteiger partial charge < -0.3 is 24.8 Å². The number of aromatic amines is 1. The average molecular weight is 496 g/mol. The first kappa shape index (κ1) is 23.8. The van der Waals surface area contributed by atoms with E-state index in [1.165, 1.54) is 0 Å². The highest BCUT2D eigenvalue weighted by Crippen LogP contribution is 2.38. The van der Waals surface area contributed by atoms with Crippen LogP contribution in [0.4, 0.5) is 11.4 Å². The van der Waals surface area contributed by atoms with Gasteiger partial charge in [0, 0.05) is 34.8 Å². The van der Waals surface area contributed by atoms with E-state index in [4.69, 9.17) is 21.3 Å². The first-order valence-electron chi connectivity index (χ1n) is 12.0. The zero-order valence-corrected chi connectivity index (χ0v) is 20.8. The molecule has 0 spiro atoms. The summed E-state index contributed by atoms with van der Waals surface area (Å²) in [5.41, 5.74) is 3.86. The Kier molecular flexibility index (Phi) is 6.53. The molecule has 9 heteroatoms. The quantitative estimate of drug-likeness (QED) is 0.560. The summed E-state index contributed by atoms with van der Waals surface area (Å²) < 4.78 is 5.23. The van der Waals surface area contributed by atoms with Gasteiger partial charge in [0.1, 0.15) is 12.4 Å². The average Bonchev–Trinajstić information content (AvgIpc) is 3.25. The molecule has 35 heavy (non-hydrogen) atoms. The second kappa shape index (κ2) is 9.60. The van der Waals surface area contributed by atoms with Crippen molar-refractivity contribution in [3.8, 4) is 0 Å². The number of nitrogens with zero attached hydrogens (tertiary/aromatic N) is 3. The molecule has 0 aliphatic carbocycles. The lowest BCUT2D eigenvalue weighted by Crippen LogP contribution is -2.43. The fourth-order valence-electron chi connectivity index (χ4n) is 5.10. The number of fused-ring (bicyclic) bond motifs is 1. The van der Waals surface area contributed by atoms with Crippen LogP contribution in [0.3, 0.4) is 0 Å². The van der Waals surface area contributed by atoms with E-state index >= 15 is 0 Å². The minimum atomic E-state index is -0.378. The molecule has 3 heterocycles. The standard InChI is InChI=1S/C26H30ClN5O3/c1-17-13-19(4-6-22(17)32-11-12-35-16-24(32)34)28-23(33)15-26(7-9-31(2)10-8-26)25-29-20-5-3-18(27)14-21(20)30-25/h3-6,13-14H,7-12,15-16H2,1-2H3,(H,28,33)(H,29,30). The first-order valence-corrected chi connectivity index (χ1v) is 12.3. The van der Waals surface area contributed by atoms with Crippen molar-refractivity contribution >= 4 is 45.8 Å². The molecule has 2 saturated heterocycles. The number of aryl methyl sites for hydroxylation is 1. The summed E-state index contributed by atoms with van der Waals surface area (Å²) in [6.45, 7) is 4.90. The number of rotatable bonds is 5. The number of carbonyl (C=O) groups excluding carboxylic acids is 2. The number of anilines is 2. The van der Waals surface area contributed by atoms with Gasteiger partial charge in [0.05, 0.1) is 17.6 Å². The number of H-pyrrole nitrogens is 1. The molecule has 8 nitrogen and oxygen atoms in total. The Morgan fingerprint density at radius 2 is 2.00 bits per heavy atom. The number of hydrogen-bond donors (Lipinski definition) is 2. The van der Waals surface area contributed by atoms with E-state index in [-0.39, 0.29) is 23.8 Å². The number of likely N-dealkylation sites (tertiary alicyclic amines) is 1. The van der Waals surface area contributed by atoms with Crippen LogP contribution in [0.15, 0.2) is 36.4 Å². The van der Waals surface area contributed by atoms with E-state index in [0.717, 1.165) is 59.7 Å². The highest BCUT2D eigenvalue weighted by Gasteiger charge is 2.40. The van der Waals surface area contributed by atoms with Crippen molar-refractivity contribution in [3.05, 3.63) is 52.8 Å². The van der Waals surface area contributed by atoms with Crippen molar-refractivity contribution in [2.75, 3.05) is 50.1 Å². The summed E-state index contributed by atoms with van der Waals surface area (Å²) in [5, 5.41) is 3.73. The molecule has 2 fully saturated rings. The van der Waals surface area contributed by atoms with Crippen LogP contribution in [0, 0.1) is 6.92 Å². The molecule has 0 saturated carbocycles. The third kappa shape index (κ3) is 4.91. The first-order chi connectivity index (χ1) is 16.8. The lowest BCUT2D eigenvalue weighted by atomic mass is 9.74. The summed E-state index contributed by atoms with van der Waals surface area (Å²) >= 11 is 6.18. The van der Waals surface area contributed by atoms with E-state index in [0.29, 0.717) is 24.6 Å². The summed E-state index contributed by atoms with van der Waals surface area (Å²) in [7, 11) is 2.10. The maximum absolute atomic E-state index is 13.3. The van der Waals surface area contributed by atoms with Crippen LogP contribution in [0.25, 0.3) is 11.0 Å². The Morgan fingerprint density at radius 1 is 1.20 bits per heavy atom. The molecule has 5 rings (SSSR count). The summed E-state index contributed by atoms with van der Waals surface area (Å²) in [6, 6.07) is 11.3. The Balaban J connectivity index is 1.36. The highest BCUT2D eigenvalue weighted by molar-refractivity contribution is 6.31. The van der Waals surface area contributed by atoms with Crippen molar-refractivity contribution in [3.63, 3.8) is 0 Å². The van der Waals surface area contributed by atoms with Crippen LogP contribution in [-0.2, 0) is 19.7 Å². The van der Waals surface area contributed by atoms with Gasteiger partial charge in [0.25, 0.3) is 5.91 Å². The molecule has 0 unspecified atom stereocenters. The second-order valence-electron chi connectivity index (χ2n) is 9.65. The smallest absolute Gasteiger partial charge is 0.253 e. The number of aromatic nitrogens is 2. The molecular formula is C26H30ClN5O3. The van der Waals surface area contributed by atoms with E-state index < -0.39 is 0 Å². The van der Waals surface area contributed by atoms with Crippen molar-refractivity contribution in [1.29, 1.82) is 0 Å². The van der Waals surface area contributed by atoms with Gasteiger partial charge in [-0.1, -0.05) is 11.6 Å². The van der Waals surface area contributed by atoms with Gasteiger partial charge in [0.15, 0.2) is 0 Å². The highest BCUT2D eigenvalue weighted by atomic mass is 35.5. The maximum atomic E-state index is 13.3. The van der Waals surface area contributed by atoms with Gasteiger partial charge >= 0.3 is 0 Å². The molecule has 0 atom stereocenters. The zero-order chi connectivity index (χ0) is 24.6. The van der Waals surface area contributed by atoms with Crippen LogP contribution in [0.1, 0.15) is 30.7 Å². The van der Waals surface area contributed by atoms with Crippen LogP contribution in [-0.4, -0.2) is 66.6 Å². The SMILES string of the molecule is Cc1cc(NC(=O)CC2(c3nc4ccc(Cl)cc4[nH]3)CCN(C)CC2)ccc1N1CCOCC1=O. The molecule has 0 radical (unpaired) electrons. The van der Waals surface area contributed by atoms with Gasteiger partial charge in [-0.3, -0.25) is 9.59 Å². The van der Waals surface area contributed by atoms with Gasteiger partial charge in [-0.15, -0.1) is 0 Å². The summed E-state index contributed by atoms with van der Waals surface area (Å²) in [5.74, 6) is 0.741. The Morgan fingerprint density at radius 3 is 2.74 bits per heavy atom. The number of imidazole rings is 1. The molecule has 0 bridgehead atoms. The minimum Gasteiger partial charge on any atom is -0.370 e. The number of amides is 2. The largest absolute Gasteiger partial charge is 0.370 e. The molecule has 1 aromatic heterocycles. The van der Waals surface area contributed by atoms with Crippen LogP contribution < -0.4 is 10.2 Å². The normalized spacial score (nSPS) is 18.7. The van der Waals surface area contributed by atoms with Gasteiger partial charge in [-0.2, -0.15) is 0 Å². The van der Waals surface area contributed by atoms with E-state index in [9.17, 15) is 9.59 Å². The molecule has 2 N–H and O–H groups in total. The van der Waals surface area contributed by atoms with Crippen LogP contribution in [0.5, 0.6) is 0 Å². The predicted octanol–water partition coefficient (Wildman–Crippen LogP) is 3.88. The van der Waals surface area contributed by atoms with Crippen LogP contribution in [0.2, 0.25) is 5.02 Å². The molecule has 2 aromatic carbocycles. The number of carbonyl (C=O) groups is 2. The number of benzene rings is 2. The third-order valence-electron chi connectivity index (χ3n) is 7.15. The lowest BCUT2D eigenvalue weighted by molar-refractivity contribution is -0.125. The molecular weight excluding hydrogens is 466 g/mol. The topological polar surface area (TPSA) is 90.6 Å². The number of morpholine rings is 1. The monoisotopic (exact) mass is 495 g/mol. The predicted molar refractivity (Wildman–Crippen MR) is 137 cm³/mol. The molecule has 2 aliphatic heterocycles. The van der Waals surface area contributed by atoms with Crippen molar-refractivity contribution in [1.82, 2.24) is 14.9 Å². The fraction of sp³-hybridized carbons (Fsp3) is 0.423. The van der Waals surface area contributed by atoms with Crippen molar-refractivity contribution in [2.24, 2.45) is 0 Å². The molecule has 3 aromatic rings.